The fourth-order valence-electron chi connectivity index (χ4n) is 4.33. The smallest absolute Gasteiger partial charge is 0.204 e. The summed E-state index contributed by atoms with van der Waals surface area (Å²) in [7, 11) is 1.67. The zero-order valence-electron chi connectivity index (χ0n) is 12.6. The van der Waals surface area contributed by atoms with Crippen LogP contribution in [0.2, 0.25) is 0 Å². The molecule has 3 heterocycles. The van der Waals surface area contributed by atoms with E-state index in [2.05, 4.69) is 6.92 Å². The highest BCUT2D eigenvalue weighted by Crippen LogP contribution is 2.56. The third-order valence-electron chi connectivity index (χ3n) is 5.67. The van der Waals surface area contributed by atoms with E-state index in [0.29, 0.717) is 12.3 Å². The predicted molar refractivity (Wildman–Crippen MR) is 71.5 cm³/mol. The summed E-state index contributed by atoms with van der Waals surface area (Å²) in [6.45, 7) is 4.23. The minimum Gasteiger partial charge on any atom is -0.396 e. The number of rotatable bonds is 3. The Morgan fingerprint density at radius 1 is 1.30 bits per heavy atom. The van der Waals surface area contributed by atoms with Gasteiger partial charge in [0.15, 0.2) is 11.9 Å². The van der Waals surface area contributed by atoms with E-state index in [0.717, 1.165) is 19.3 Å². The van der Waals surface area contributed by atoms with Crippen molar-refractivity contribution in [2.24, 2.45) is 17.8 Å². The average molecular weight is 286 g/mol. The molecule has 0 aromatic heterocycles. The molecule has 1 spiro atoms. The third kappa shape index (κ3) is 1.95. The van der Waals surface area contributed by atoms with Crippen molar-refractivity contribution in [2.45, 2.75) is 63.6 Å². The SMILES string of the molecule is CO[C@H]1O[C@@]2(C)OO[C@]13[C@H](CCO)CCC[C@@H]3CC2C. The topological polar surface area (TPSA) is 57.2 Å². The number of hydrogen-bond acceptors (Lipinski definition) is 5. The Bertz CT molecular complexity index is 356. The number of methoxy groups -OCH3 is 1. The largest absolute Gasteiger partial charge is 0.396 e. The van der Waals surface area contributed by atoms with E-state index in [1.165, 1.54) is 6.42 Å². The fraction of sp³-hybridized carbons (Fsp3) is 1.00. The second kappa shape index (κ2) is 5.21. The van der Waals surface area contributed by atoms with Gasteiger partial charge in [-0.3, -0.25) is 0 Å². The first kappa shape index (κ1) is 14.7. The zero-order chi connectivity index (χ0) is 14.4. The van der Waals surface area contributed by atoms with Crippen molar-refractivity contribution in [1.82, 2.24) is 0 Å². The molecule has 0 aromatic rings. The van der Waals surface area contributed by atoms with Gasteiger partial charge in [0.1, 0.15) is 0 Å². The second-order valence-corrected chi connectivity index (χ2v) is 6.70. The Hall–Kier alpha value is -0.200. The Kier molecular flexibility index (Phi) is 3.84. The molecular formula is C15H26O5. The van der Waals surface area contributed by atoms with Crippen LogP contribution >= 0.6 is 0 Å². The maximum absolute atomic E-state index is 9.39. The predicted octanol–water partition coefficient (Wildman–Crippen LogP) is 2.23. The Balaban J connectivity index is 2.00. The highest BCUT2D eigenvalue weighted by molar-refractivity contribution is 5.04. The molecule has 1 aliphatic carbocycles. The van der Waals surface area contributed by atoms with E-state index < -0.39 is 17.7 Å². The van der Waals surface area contributed by atoms with Gasteiger partial charge >= 0.3 is 0 Å². The van der Waals surface area contributed by atoms with Gasteiger partial charge in [0.05, 0.1) is 0 Å². The number of aliphatic hydroxyl groups is 1. The number of hydrogen-bond donors (Lipinski definition) is 1. The molecule has 5 heteroatoms. The van der Waals surface area contributed by atoms with Gasteiger partial charge in [-0.05, 0) is 44.4 Å². The second-order valence-electron chi connectivity index (χ2n) is 6.70. The van der Waals surface area contributed by atoms with Gasteiger partial charge < -0.3 is 14.6 Å². The molecule has 1 N–H and O–H groups in total. The number of aliphatic hydroxyl groups excluding tert-OH is 1. The standard InChI is InChI=1S/C15H26O5/c1-10-9-12-6-4-5-11(7-8-16)15(12)13(17-3)18-14(10,2)19-20-15/h10-13,16H,4-9H2,1-3H3/t10?,11-,12+,13-,14-,15-/m0/s1. The van der Waals surface area contributed by atoms with Crippen LogP contribution in [0.4, 0.5) is 0 Å². The van der Waals surface area contributed by atoms with Crippen LogP contribution in [0.3, 0.4) is 0 Å². The lowest BCUT2D eigenvalue weighted by Gasteiger charge is -2.53. The van der Waals surface area contributed by atoms with Crippen molar-refractivity contribution in [3.05, 3.63) is 0 Å². The first-order valence-electron chi connectivity index (χ1n) is 7.75. The number of ether oxygens (including phenoxy) is 2. The summed E-state index contributed by atoms with van der Waals surface area (Å²) in [5, 5.41) is 9.39. The summed E-state index contributed by atoms with van der Waals surface area (Å²) < 4.78 is 11.8. The summed E-state index contributed by atoms with van der Waals surface area (Å²) in [5.74, 6) is 0.0815. The Labute approximate surface area is 120 Å². The van der Waals surface area contributed by atoms with E-state index in [1.54, 1.807) is 7.11 Å². The molecule has 1 saturated carbocycles. The monoisotopic (exact) mass is 286 g/mol. The van der Waals surface area contributed by atoms with E-state index in [4.69, 9.17) is 19.2 Å². The van der Waals surface area contributed by atoms with Crippen LogP contribution in [-0.2, 0) is 19.2 Å². The summed E-state index contributed by atoms with van der Waals surface area (Å²) in [5.41, 5.74) is -0.569. The summed E-state index contributed by atoms with van der Waals surface area (Å²) >= 11 is 0. The van der Waals surface area contributed by atoms with Crippen molar-refractivity contribution in [2.75, 3.05) is 13.7 Å². The molecule has 20 heavy (non-hydrogen) atoms. The maximum atomic E-state index is 9.39. The summed E-state index contributed by atoms with van der Waals surface area (Å²) in [4.78, 5) is 11.7. The molecule has 3 saturated heterocycles. The Morgan fingerprint density at radius 2 is 2.10 bits per heavy atom. The third-order valence-corrected chi connectivity index (χ3v) is 5.67. The molecule has 116 valence electrons. The minimum atomic E-state index is -0.743. The van der Waals surface area contributed by atoms with Crippen LogP contribution in [0.25, 0.3) is 0 Å². The van der Waals surface area contributed by atoms with Crippen molar-refractivity contribution in [3.63, 3.8) is 0 Å². The highest BCUT2D eigenvalue weighted by atomic mass is 17.3. The van der Waals surface area contributed by atoms with Crippen LogP contribution in [0, 0.1) is 17.8 Å². The molecule has 0 aromatic carbocycles. The molecule has 4 fully saturated rings. The van der Waals surface area contributed by atoms with Gasteiger partial charge in [-0.1, -0.05) is 13.3 Å². The van der Waals surface area contributed by atoms with Crippen LogP contribution in [0.5, 0.6) is 0 Å². The minimum absolute atomic E-state index is 0.158. The van der Waals surface area contributed by atoms with Gasteiger partial charge in [-0.25, -0.2) is 9.78 Å². The van der Waals surface area contributed by atoms with Gasteiger partial charge in [0.2, 0.25) is 5.79 Å². The lowest BCUT2D eigenvalue weighted by atomic mass is 9.65. The summed E-state index contributed by atoms with van der Waals surface area (Å²) in [6.07, 6.45) is 4.59. The highest BCUT2D eigenvalue weighted by Gasteiger charge is 2.65. The van der Waals surface area contributed by atoms with Gasteiger partial charge in [0.25, 0.3) is 0 Å². The van der Waals surface area contributed by atoms with E-state index in [1.807, 2.05) is 6.92 Å². The molecular weight excluding hydrogens is 260 g/mol. The molecule has 2 bridgehead atoms. The van der Waals surface area contributed by atoms with Crippen molar-refractivity contribution >= 4 is 0 Å². The van der Waals surface area contributed by atoms with Gasteiger partial charge in [-0.15, -0.1) is 0 Å². The van der Waals surface area contributed by atoms with Crippen molar-refractivity contribution in [1.29, 1.82) is 0 Å². The average Bonchev–Trinajstić information content (AvgIpc) is 2.61. The normalized spacial score (nSPS) is 51.6. The molecule has 1 unspecified atom stereocenters. The maximum Gasteiger partial charge on any atom is 0.204 e. The molecule has 0 amide bonds. The van der Waals surface area contributed by atoms with Crippen LogP contribution in [-0.4, -0.2) is 36.5 Å². The van der Waals surface area contributed by atoms with E-state index in [9.17, 15) is 5.11 Å². The molecule has 6 atom stereocenters. The quantitative estimate of drug-likeness (QED) is 0.806. The lowest BCUT2D eigenvalue weighted by Crippen LogP contribution is -2.63. The Morgan fingerprint density at radius 3 is 2.80 bits per heavy atom. The van der Waals surface area contributed by atoms with Crippen molar-refractivity contribution < 1.29 is 24.4 Å². The molecule has 3 aliphatic heterocycles. The van der Waals surface area contributed by atoms with E-state index in [-0.39, 0.29) is 18.4 Å². The zero-order valence-corrected chi connectivity index (χ0v) is 12.6. The fourth-order valence-corrected chi connectivity index (χ4v) is 4.33. The van der Waals surface area contributed by atoms with Crippen LogP contribution < -0.4 is 0 Å². The molecule has 4 aliphatic rings. The van der Waals surface area contributed by atoms with E-state index >= 15 is 0 Å². The summed E-state index contributed by atoms with van der Waals surface area (Å²) in [6, 6.07) is 0. The first-order valence-corrected chi connectivity index (χ1v) is 7.75. The van der Waals surface area contributed by atoms with Crippen LogP contribution in [0.15, 0.2) is 0 Å². The van der Waals surface area contributed by atoms with Crippen molar-refractivity contribution in [3.8, 4) is 0 Å². The molecule has 4 rings (SSSR count). The first-order chi connectivity index (χ1) is 9.56. The lowest BCUT2D eigenvalue weighted by molar-refractivity contribution is -0.560. The number of fused-ring (bicyclic) bond motifs is 3. The van der Waals surface area contributed by atoms with Gasteiger partial charge in [-0.2, -0.15) is 0 Å². The van der Waals surface area contributed by atoms with Gasteiger partial charge in [0, 0.05) is 19.6 Å². The molecule has 5 nitrogen and oxygen atoms in total. The van der Waals surface area contributed by atoms with Crippen LogP contribution in [0.1, 0.15) is 46.0 Å². The molecule has 0 radical (unpaired) electrons.